The fraction of sp³-hybridized carbons (Fsp3) is 0.357. The van der Waals surface area contributed by atoms with Crippen molar-refractivity contribution < 1.29 is 4.65 Å². The highest BCUT2D eigenvalue weighted by atomic mass is 16.5. The molecule has 0 saturated heterocycles. The minimum atomic E-state index is -0.172. The zero-order valence-corrected chi connectivity index (χ0v) is 19.9. The van der Waals surface area contributed by atoms with Crippen molar-refractivity contribution in [1.29, 1.82) is 0 Å². The van der Waals surface area contributed by atoms with Crippen molar-refractivity contribution in [3.63, 3.8) is 0 Å². The van der Waals surface area contributed by atoms with E-state index in [2.05, 4.69) is 114 Å². The highest BCUT2D eigenvalue weighted by Gasteiger charge is 2.43. The molecule has 0 unspecified atom stereocenters. The summed E-state index contributed by atoms with van der Waals surface area (Å²) in [5.74, 6) is 2.32. The van der Waals surface area contributed by atoms with Crippen molar-refractivity contribution in [2.24, 2.45) is 0 Å². The van der Waals surface area contributed by atoms with Crippen LogP contribution in [0.4, 0.5) is 11.4 Å². The maximum Gasteiger partial charge on any atom is 0.524 e. The molecule has 3 aromatic carbocycles. The SMILES string of the molecule is Cc1cccc2c1OB(c1c(C(C)C)cc(C(C)C)cc1C(C)C)N2c1ccccc1. The van der Waals surface area contributed by atoms with Gasteiger partial charge in [0.2, 0.25) is 0 Å². The van der Waals surface area contributed by atoms with Gasteiger partial charge in [0.05, 0.1) is 5.69 Å². The Bertz CT molecular complexity index is 1040. The minimum Gasteiger partial charge on any atom is -0.536 e. The molecule has 31 heavy (non-hydrogen) atoms. The van der Waals surface area contributed by atoms with Crippen LogP contribution in [0, 0.1) is 6.92 Å². The molecular formula is C28H34BNO. The van der Waals surface area contributed by atoms with Crippen LogP contribution in [0.1, 0.15) is 81.5 Å². The molecule has 2 nitrogen and oxygen atoms in total. The highest BCUT2D eigenvalue weighted by Crippen LogP contribution is 2.43. The van der Waals surface area contributed by atoms with Crippen molar-refractivity contribution >= 4 is 23.9 Å². The van der Waals surface area contributed by atoms with Crippen molar-refractivity contribution in [3.05, 3.63) is 82.9 Å². The normalized spacial score (nSPS) is 13.4. The first-order valence-electron chi connectivity index (χ1n) is 11.6. The quantitative estimate of drug-likeness (QED) is 0.409. The first-order chi connectivity index (χ1) is 14.8. The van der Waals surface area contributed by atoms with Crippen LogP contribution in [0.5, 0.6) is 5.75 Å². The Labute approximate surface area is 188 Å². The van der Waals surface area contributed by atoms with Crippen LogP contribution >= 0.6 is 0 Å². The van der Waals surface area contributed by atoms with Gasteiger partial charge >= 0.3 is 7.05 Å². The van der Waals surface area contributed by atoms with Crippen LogP contribution < -0.4 is 14.9 Å². The van der Waals surface area contributed by atoms with Gasteiger partial charge in [-0.1, -0.05) is 84.0 Å². The average molecular weight is 411 g/mol. The van der Waals surface area contributed by atoms with Crippen molar-refractivity contribution in [1.82, 2.24) is 0 Å². The predicted molar refractivity (Wildman–Crippen MR) is 134 cm³/mol. The van der Waals surface area contributed by atoms with Gasteiger partial charge < -0.3 is 9.47 Å². The molecule has 0 fully saturated rings. The molecule has 0 N–H and O–H groups in total. The third-order valence-electron chi connectivity index (χ3n) is 6.37. The van der Waals surface area contributed by atoms with Crippen molar-refractivity contribution in [3.8, 4) is 5.75 Å². The molecule has 3 aromatic rings. The molecule has 0 aromatic heterocycles. The Morgan fingerprint density at radius 3 is 1.90 bits per heavy atom. The van der Waals surface area contributed by atoms with Gasteiger partial charge in [-0.25, -0.2) is 0 Å². The standard InChI is InChI=1S/C28H34BNO/c1-18(2)22-16-24(19(3)4)27(25(17-22)20(5)6)29-30(23-13-9-8-10-14-23)26-15-11-12-21(7)28(26)31-29/h8-20H,1-7H3. The van der Waals surface area contributed by atoms with E-state index >= 15 is 0 Å². The van der Waals surface area contributed by atoms with E-state index in [1.54, 1.807) is 0 Å². The number of nitrogens with zero attached hydrogens (tertiary/aromatic N) is 1. The van der Waals surface area contributed by atoms with Gasteiger partial charge in [0.25, 0.3) is 0 Å². The fourth-order valence-corrected chi connectivity index (χ4v) is 4.62. The first kappa shape index (κ1) is 21.6. The summed E-state index contributed by atoms with van der Waals surface area (Å²) in [5, 5.41) is 0. The molecule has 0 spiro atoms. The smallest absolute Gasteiger partial charge is 0.524 e. The number of aryl methyl sites for hydroxylation is 1. The minimum absolute atomic E-state index is 0.172. The lowest BCUT2D eigenvalue weighted by molar-refractivity contribution is 0.596. The summed E-state index contributed by atoms with van der Waals surface area (Å²) < 4.78 is 6.80. The second-order valence-corrected chi connectivity index (χ2v) is 9.68. The summed E-state index contributed by atoms with van der Waals surface area (Å²) >= 11 is 0. The molecular weight excluding hydrogens is 377 g/mol. The van der Waals surface area contributed by atoms with Crippen LogP contribution in [0.25, 0.3) is 0 Å². The number of para-hydroxylation sites is 2. The lowest BCUT2D eigenvalue weighted by Crippen LogP contribution is -2.50. The highest BCUT2D eigenvalue weighted by molar-refractivity contribution is 6.75. The molecule has 0 radical (unpaired) electrons. The summed E-state index contributed by atoms with van der Waals surface area (Å²) in [6.45, 7) is 15.9. The van der Waals surface area contributed by atoms with E-state index in [-0.39, 0.29) is 7.05 Å². The van der Waals surface area contributed by atoms with E-state index in [1.165, 1.54) is 27.7 Å². The average Bonchev–Trinajstić information content (AvgIpc) is 3.13. The van der Waals surface area contributed by atoms with E-state index in [9.17, 15) is 0 Å². The number of hydrogen-bond donors (Lipinski definition) is 0. The molecule has 1 aliphatic heterocycles. The van der Waals surface area contributed by atoms with Gasteiger partial charge in [0, 0.05) is 5.69 Å². The summed E-state index contributed by atoms with van der Waals surface area (Å²) in [6, 6.07) is 21.9. The molecule has 160 valence electrons. The third-order valence-corrected chi connectivity index (χ3v) is 6.37. The van der Waals surface area contributed by atoms with Gasteiger partial charge in [-0.2, -0.15) is 0 Å². The van der Waals surface area contributed by atoms with E-state index in [1.807, 2.05) is 0 Å². The first-order valence-corrected chi connectivity index (χ1v) is 11.6. The molecule has 3 heteroatoms. The van der Waals surface area contributed by atoms with Crippen molar-refractivity contribution in [2.45, 2.75) is 66.2 Å². The monoisotopic (exact) mass is 411 g/mol. The predicted octanol–water partition coefficient (Wildman–Crippen LogP) is 7.29. The zero-order chi connectivity index (χ0) is 22.3. The summed E-state index contributed by atoms with van der Waals surface area (Å²) in [7, 11) is -0.172. The molecule has 0 aliphatic carbocycles. The fourth-order valence-electron chi connectivity index (χ4n) is 4.62. The van der Waals surface area contributed by atoms with Crippen LogP contribution in [0.3, 0.4) is 0 Å². The molecule has 4 rings (SSSR count). The van der Waals surface area contributed by atoms with E-state index in [0.29, 0.717) is 17.8 Å². The van der Waals surface area contributed by atoms with Gasteiger partial charge in [-0.15, -0.1) is 0 Å². The van der Waals surface area contributed by atoms with Crippen LogP contribution in [-0.2, 0) is 0 Å². The number of hydrogen-bond acceptors (Lipinski definition) is 2. The maximum atomic E-state index is 6.80. The van der Waals surface area contributed by atoms with Crippen LogP contribution in [0.15, 0.2) is 60.7 Å². The number of anilines is 2. The number of fused-ring (bicyclic) bond motifs is 1. The Kier molecular flexibility index (Phi) is 5.88. The molecule has 1 heterocycles. The van der Waals surface area contributed by atoms with Crippen LogP contribution in [0.2, 0.25) is 0 Å². The lowest BCUT2D eigenvalue weighted by atomic mass is 9.63. The van der Waals surface area contributed by atoms with Crippen molar-refractivity contribution in [2.75, 3.05) is 4.81 Å². The maximum absolute atomic E-state index is 6.80. The summed E-state index contributed by atoms with van der Waals surface area (Å²) in [4.78, 5) is 2.38. The Hall–Kier alpha value is -2.68. The third kappa shape index (κ3) is 3.87. The molecule has 1 aliphatic rings. The Morgan fingerprint density at radius 1 is 0.742 bits per heavy atom. The lowest BCUT2D eigenvalue weighted by Gasteiger charge is -2.29. The Balaban J connectivity index is 1.99. The number of benzene rings is 3. The number of rotatable bonds is 5. The zero-order valence-electron chi connectivity index (χ0n) is 19.9. The van der Waals surface area contributed by atoms with Gasteiger partial charge in [0.1, 0.15) is 5.75 Å². The van der Waals surface area contributed by atoms with Gasteiger partial charge in [-0.3, -0.25) is 0 Å². The van der Waals surface area contributed by atoms with Gasteiger partial charge in [0.15, 0.2) is 0 Å². The largest absolute Gasteiger partial charge is 0.536 e. The molecule has 0 atom stereocenters. The molecule has 0 bridgehead atoms. The topological polar surface area (TPSA) is 12.5 Å². The summed E-state index contributed by atoms with van der Waals surface area (Å²) in [6.07, 6.45) is 0. The van der Waals surface area contributed by atoms with E-state index in [4.69, 9.17) is 4.65 Å². The second kappa shape index (κ2) is 8.46. The van der Waals surface area contributed by atoms with E-state index < -0.39 is 0 Å². The second-order valence-electron chi connectivity index (χ2n) is 9.68. The molecule has 0 saturated carbocycles. The Morgan fingerprint density at radius 2 is 1.35 bits per heavy atom. The van der Waals surface area contributed by atoms with Crippen LogP contribution in [-0.4, -0.2) is 7.05 Å². The van der Waals surface area contributed by atoms with Gasteiger partial charge in [-0.05, 0) is 70.6 Å². The molecule has 0 amide bonds. The summed E-state index contributed by atoms with van der Waals surface area (Å²) in [5.41, 5.74) is 9.01. The van der Waals surface area contributed by atoms with E-state index in [0.717, 1.165) is 17.1 Å².